The average Bonchev–Trinajstić information content (AvgIpc) is 2.81. The number of hydrogen-bond donors (Lipinski definition) is 1. The molecule has 0 bridgehead atoms. The molecule has 0 saturated carbocycles. The number of aliphatic hydroxyl groups is 1. The van der Waals surface area contributed by atoms with Crippen LogP contribution in [0.1, 0.15) is 57.8 Å². The van der Waals surface area contributed by atoms with Crippen LogP contribution in [0.5, 0.6) is 0 Å². The topological polar surface area (TPSA) is 20.2 Å². The average molecular weight is 331 g/mol. The molecule has 3 heteroatoms. The monoisotopic (exact) mass is 330 g/mol. The Labute approximate surface area is 123 Å². The summed E-state index contributed by atoms with van der Waals surface area (Å²) in [6.45, 7) is 6.31. The van der Waals surface area contributed by atoms with Crippen LogP contribution in [-0.2, 0) is 0 Å². The fourth-order valence-electron chi connectivity index (χ4n) is 2.02. The van der Waals surface area contributed by atoms with Gasteiger partial charge in [-0.2, -0.15) is 0 Å². The summed E-state index contributed by atoms with van der Waals surface area (Å²) in [7, 11) is 0. The summed E-state index contributed by atoms with van der Waals surface area (Å²) in [6, 6.07) is 2.17. The molecule has 0 radical (unpaired) electrons. The molecule has 102 valence electrons. The van der Waals surface area contributed by atoms with Crippen LogP contribution in [0, 0.1) is 0 Å². The van der Waals surface area contributed by atoms with Crippen molar-refractivity contribution in [3.8, 4) is 0 Å². The van der Waals surface area contributed by atoms with Crippen molar-refractivity contribution in [2.75, 3.05) is 0 Å². The molecule has 0 aliphatic carbocycles. The van der Waals surface area contributed by atoms with E-state index in [1.165, 1.54) is 10.5 Å². The van der Waals surface area contributed by atoms with E-state index in [4.69, 9.17) is 0 Å². The van der Waals surface area contributed by atoms with Gasteiger partial charge in [0.25, 0.3) is 0 Å². The number of thiophene rings is 1. The Balaban J connectivity index is 2.64. The first kappa shape index (κ1) is 15.9. The Morgan fingerprint density at radius 3 is 2.50 bits per heavy atom. The molecule has 1 aromatic rings. The SMILES string of the molecule is CC/C(=C/CCC(O)(CC)CC)c1cc(Br)cs1. The molecule has 0 atom stereocenters. The molecule has 0 saturated heterocycles. The number of rotatable bonds is 7. The molecule has 0 aliphatic heterocycles. The third-order valence-corrected chi connectivity index (χ3v) is 5.35. The lowest BCUT2D eigenvalue weighted by Gasteiger charge is -2.24. The van der Waals surface area contributed by atoms with Gasteiger partial charge >= 0.3 is 0 Å². The predicted molar refractivity (Wildman–Crippen MR) is 85.1 cm³/mol. The molecule has 1 heterocycles. The quantitative estimate of drug-likeness (QED) is 0.686. The number of halogens is 1. The largest absolute Gasteiger partial charge is 0.390 e. The van der Waals surface area contributed by atoms with E-state index >= 15 is 0 Å². The van der Waals surface area contributed by atoms with Crippen molar-refractivity contribution in [2.45, 2.75) is 58.5 Å². The Morgan fingerprint density at radius 2 is 2.06 bits per heavy atom. The van der Waals surface area contributed by atoms with Crippen molar-refractivity contribution in [1.82, 2.24) is 0 Å². The zero-order valence-corrected chi connectivity index (χ0v) is 13.9. The lowest BCUT2D eigenvalue weighted by molar-refractivity contribution is 0.0246. The standard InChI is InChI=1S/C15H23BrOS/c1-4-12(14-10-13(16)11-18-14)8-7-9-15(17,5-2)6-3/h8,10-11,17H,4-7,9H2,1-3H3/b12-8-. The summed E-state index contributed by atoms with van der Waals surface area (Å²) in [6.07, 6.45) is 6.82. The summed E-state index contributed by atoms with van der Waals surface area (Å²) < 4.78 is 1.15. The zero-order valence-electron chi connectivity index (χ0n) is 11.5. The summed E-state index contributed by atoms with van der Waals surface area (Å²) in [5.41, 5.74) is 0.908. The first-order valence-electron chi connectivity index (χ1n) is 6.70. The van der Waals surface area contributed by atoms with E-state index in [1.807, 2.05) is 0 Å². The summed E-state index contributed by atoms with van der Waals surface area (Å²) >= 11 is 5.27. The molecule has 1 N–H and O–H groups in total. The van der Waals surface area contributed by atoms with E-state index in [1.54, 1.807) is 11.3 Å². The van der Waals surface area contributed by atoms with Crippen molar-refractivity contribution >= 4 is 32.8 Å². The van der Waals surface area contributed by atoms with Crippen LogP contribution in [0.25, 0.3) is 5.57 Å². The van der Waals surface area contributed by atoms with Crippen molar-refractivity contribution in [2.24, 2.45) is 0 Å². The van der Waals surface area contributed by atoms with Gasteiger partial charge in [0.1, 0.15) is 0 Å². The molecule has 18 heavy (non-hydrogen) atoms. The fraction of sp³-hybridized carbons (Fsp3) is 0.600. The number of hydrogen-bond acceptors (Lipinski definition) is 2. The van der Waals surface area contributed by atoms with Gasteiger partial charge in [-0.15, -0.1) is 11.3 Å². The molecule has 0 spiro atoms. The molecular weight excluding hydrogens is 308 g/mol. The first-order valence-corrected chi connectivity index (χ1v) is 8.37. The van der Waals surface area contributed by atoms with Crippen LogP contribution in [-0.4, -0.2) is 10.7 Å². The molecule has 0 aromatic carbocycles. The van der Waals surface area contributed by atoms with Crippen LogP contribution in [0.3, 0.4) is 0 Å². The second-order valence-electron chi connectivity index (χ2n) is 4.68. The van der Waals surface area contributed by atoms with Crippen LogP contribution < -0.4 is 0 Å². The molecule has 0 unspecified atom stereocenters. The molecule has 0 aliphatic rings. The van der Waals surface area contributed by atoms with Gasteiger partial charge in [-0.05, 0) is 59.7 Å². The second kappa shape index (κ2) is 7.46. The third-order valence-electron chi connectivity index (χ3n) is 3.58. The zero-order chi connectivity index (χ0) is 13.6. The fourth-order valence-corrected chi connectivity index (χ4v) is 3.56. The molecule has 0 amide bonds. The third kappa shape index (κ3) is 4.52. The van der Waals surface area contributed by atoms with Crippen molar-refractivity contribution < 1.29 is 5.11 Å². The highest BCUT2D eigenvalue weighted by Gasteiger charge is 2.20. The van der Waals surface area contributed by atoms with E-state index in [0.717, 1.165) is 36.6 Å². The number of allylic oxidation sites excluding steroid dienone is 2. The van der Waals surface area contributed by atoms with E-state index in [2.05, 4.69) is 54.2 Å². The van der Waals surface area contributed by atoms with E-state index in [0.29, 0.717) is 0 Å². The smallest absolute Gasteiger partial charge is 0.0645 e. The van der Waals surface area contributed by atoms with E-state index < -0.39 is 5.60 Å². The highest BCUT2D eigenvalue weighted by atomic mass is 79.9. The maximum atomic E-state index is 10.3. The van der Waals surface area contributed by atoms with E-state index in [-0.39, 0.29) is 0 Å². The van der Waals surface area contributed by atoms with Gasteiger partial charge in [-0.25, -0.2) is 0 Å². The maximum Gasteiger partial charge on any atom is 0.0645 e. The Kier molecular flexibility index (Phi) is 6.61. The molecule has 1 rings (SSSR count). The van der Waals surface area contributed by atoms with Gasteiger partial charge in [-0.3, -0.25) is 0 Å². The van der Waals surface area contributed by atoms with Gasteiger partial charge in [0.2, 0.25) is 0 Å². The minimum absolute atomic E-state index is 0.481. The summed E-state index contributed by atoms with van der Waals surface area (Å²) in [4.78, 5) is 1.33. The van der Waals surface area contributed by atoms with Crippen molar-refractivity contribution in [1.29, 1.82) is 0 Å². The second-order valence-corrected chi connectivity index (χ2v) is 6.51. The van der Waals surface area contributed by atoms with Gasteiger partial charge in [0.15, 0.2) is 0 Å². The van der Waals surface area contributed by atoms with Gasteiger partial charge in [0.05, 0.1) is 5.60 Å². The van der Waals surface area contributed by atoms with E-state index in [9.17, 15) is 5.11 Å². The predicted octanol–water partition coefficient (Wildman–Crippen LogP) is 5.64. The van der Waals surface area contributed by atoms with Crippen molar-refractivity contribution in [3.63, 3.8) is 0 Å². The first-order chi connectivity index (χ1) is 8.54. The minimum atomic E-state index is -0.481. The lowest BCUT2D eigenvalue weighted by Crippen LogP contribution is -2.25. The summed E-state index contributed by atoms with van der Waals surface area (Å²) in [5, 5.41) is 12.4. The minimum Gasteiger partial charge on any atom is -0.390 e. The Morgan fingerprint density at radius 1 is 1.39 bits per heavy atom. The molecule has 1 aromatic heterocycles. The molecule has 1 nitrogen and oxygen atoms in total. The Hall–Kier alpha value is -0.120. The highest BCUT2D eigenvalue weighted by molar-refractivity contribution is 9.10. The van der Waals surface area contributed by atoms with Crippen LogP contribution in [0.15, 0.2) is 22.0 Å². The van der Waals surface area contributed by atoms with Crippen LogP contribution >= 0.6 is 27.3 Å². The van der Waals surface area contributed by atoms with Crippen molar-refractivity contribution in [3.05, 3.63) is 26.9 Å². The van der Waals surface area contributed by atoms with Gasteiger partial charge in [-0.1, -0.05) is 26.8 Å². The maximum absolute atomic E-state index is 10.3. The van der Waals surface area contributed by atoms with Crippen LogP contribution in [0.2, 0.25) is 0 Å². The van der Waals surface area contributed by atoms with Gasteiger partial charge < -0.3 is 5.11 Å². The molecular formula is C15H23BrOS. The van der Waals surface area contributed by atoms with Crippen LogP contribution in [0.4, 0.5) is 0 Å². The highest BCUT2D eigenvalue weighted by Crippen LogP contribution is 2.30. The normalized spacial score (nSPS) is 13.1. The summed E-state index contributed by atoms with van der Waals surface area (Å²) in [5.74, 6) is 0. The van der Waals surface area contributed by atoms with Gasteiger partial charge in [0, 0.05) is 14.7 Å². The Bertz CT molecular complexity index is 391. The lowest BCUT2D eigenvalue weighted by atomic mass is 9.91. The molecule has 0 fully saturated rings.